The Morgan fingerprint density at radius 2 is 1.80 bits per heavy atom. The summed E-state index contributed by atoms with van der Waals surface area (Å²) in [6.07, 6.45) is 2.33. The maximum Gasteiger partial charge on any atom is 0.0342 e. The van der Waals surface area contributed by atoms with Gasteiger partial charge in [0.1, 0.15) is 0 Å². The van der Waals surface area contributed by atoms with Crippen LogP contribution >= 0.6 is 11.8 Å². The van der Waals surface area contributed by atoms with Crippen molar-refractivity contribution in [3.63, 3.8) is 0 Å². The van der Waals surface area contributed by atoms with Gasteiger partial charge in [-0.2, -0.15) is 0 Å². The molecule has 1 heterocycles. The van der Waals surface area contributed by atoms with Crippen LogP contribution in [-0.4, -0.2) is 5.75 Å². The standard InChI is InChI=1S/C18H21NS/c1-2-14-7-9-15(10-8-14)13-19-17-11-12-20-18-6-4-3-5-16(17)18/h3-10,17,19H,2,11-13H2,1H3. The molecule has 1 aliphatic heterocycles. The zero-order valence-electron chi connectivity index (χ0n) is 11.9. The van der Waals surface area contributed by atoms with Crippen molar-refractivity contribution >= 4 is 11.8 Å². The minimum absolute atomic E-state index is 0.498. The minimum Gasteiger partial charge on any atom is -0.306 e. The normalized spacial score (nSPS) is 17.8. The van der Waals surface area contributed by atoms with Gasteiger partial charge in [0.25, 0.3) is 0 Å². The molecular weight excluding hydrogens is 262 g/mol. The molecule has 2 aromatic carbocycles. The molecule has 3 rings (SSSR count). The molecule has 0 saturated carbocycles. The van der Waals surface area contributed by atoms with Gasteiger partial charge in [0.05, 0.1) is 0 Å². The van der Waals surface area contributed by atoms with Crippen molar-refractivity contribution in [1.29, 1.82) is 0 Å². The predicted molar refractivity (Wildman–Crippen MR) is 87.2 cm³/mol. The van der Waals surface area contributed by atoms with Gasteiger partial charge in [-0.25, -0.2) is 0 Å². The first-order chi connectivity index (χ1) is 9.86. The summed E-state index contributed by atoms with van der Waals surface area (Å²) in [5.41, 5.74) is 4.25. The second-order valence-corrected chi connectivity index (χ2v) is 6.42. The minimum atomic E-state index is 0.498. The molecule has 0 aliphatic carbocycles. The molecule has 0 bridgehead atoms. The van der Waals surface area contributed by atoms with Crippen LogP contribution in [0, 0.1) is 0 Å². The molecule has 1 atom stereocenters. The largest absolute Gasteiger partial charge is 0.306 e. The van der Waals surface area contributed by atoms with E-state index in [-0.39, 0.29) is 0 Å². The van der Waals surface area contributed by atoms with Crippen LogP contribution < -0.4 is 5.32 Å². The summed E-state index contributed by atoms with van der Waals surface area (Å²) in [4.78, 5) is 1.44. The molecule has 2 aromatic rings. The quantitative estimate of drug-likeness (QED) is 0.881. The Hall–Kier alpha value is -1.25. The molecule has 0 fully saturated rings. The Bertz CT molecular complexity index is 562. The van der Waals surface area contributed by atoms with E-state index >= 15 is 0 Å². The average Bonchev–Trinajstić information content (AvgIpc) is 2.53. The first kappa shape index (κ1) is 13.7. The van der Waals surface area contributed by atoms with E-state index in [1.165, 1.54) is 33.8 Å². The lowest BCUT2D eigenvalue weighted by molar-refractivity contribution is 0.510. The summed E-state index contributed by atoms with van der Waals surface area (Å²) >= 11 is 1.98. The smallest absolute Gasteiger partial charge is 0.0342 e. The van der Waals surface area contributed by atoms with Gasteiger partial charge < -0.3 is 5.32 Å². The van der Waals surface area contributed by atoms with Crippen LogP contribution in [0.15, 0.2) is 53.4 Å². The zero-order chi connectivity index (χ0) is 13.8. The van der Waals surface area contributed by atoms with E-state index in [0.717, 1.165) is 13.0 Å². The van der Waals surface area contributed by atoms with Crippen molar-refractivity contribution in [3.05, 3.63) is 65.2 Å². The van der Waals surface area contributed by atoms with Crippen molar-refractivity contribution in [3.8, 4) is 0 Å². The van der Waals surface area contributed by atoms with Gasteiger partial charge in [0.2, 0.25) is 0 Å². The van der Waals surface area contributed by atoms with Gasteiger partial charge in [-0.1, -0.05) is 49.4 Å². The maximum atomic E-state index is 3.72. The van der Waals surface area contributed by atoms with Gasteiger partial charge in [-0.15, -0.1) is 11.8 Å². The molecule has 2 heteroatoms. The molecular formula is C18H21NS. The van der Waals surface area contributed by atoms with Crippen LogP contribution in [0.1, 0.15) is 36.1 Å². The third kappa shape index (κ3) is 3.08. The summed E-state index contributed by atoms with van der Waals surface area (Å²) in [5, 5.41) is 3.72. The molecule has 0 aromatic heterocycles. The van der Waals surface area contributed by atoms with E-state index in [1.807, 2.05) is 11.8 Å². The van der Waals surface area contributed by atoms with Crippen LogP contribution in [0.3, 0.4) is 0 Å². The summed E-state index contributed by atoms with van der Waals surface area (Å²) in [6, 6.07) is 18.3. The van der Waals surface area contributed by atoms with Gasteiger partial charge in [-0.05, 0) is 41.4 Å². The fourth-order valence-electron chi connectivity index (χ4n) is 2.69. The number of rotatable bonds is 4. The Kier molecular flexibility index (Phi) is 4.44. The summed E-state index contributed by atoms with van der Waals surface area (Å²) in [5.74, 6) is 1.21. The lowest BCUT2D eigenvalue weighted by atomic mass is 10.0. The van der Waals surface area contributed by atoms with E-state index < -0.39 is 0 Å². The van der Waals surface area contributed by atoms with E-state index in [2.05, 4.69) is 60.8 Å². The average molecular weight is 283 g/mol. The fourth-order valence-corrected chi connectivity index (χ4v) is 3.81. The van der Waals surface area contributed by atoms with Crippen LogP contribution in [0.25, 0.3) is 0 Å². The number of fused-ring (bicyclic) bond motifs is 1. The molecule has 0 saturated heterocycles. The van der Waals surface area contributed by atoms with Gasteiger partial charge >= 0.3 is 0 Å². The third-order valence-corrected chi connectivity index (χ3v) is 5.06. The van der Waals surface area contributed by atoms with Crippen LogP contribution in [0.2, 0.25) is 0 Å². The molecule has 1 N–H and O–H groups in total. The van der Waals surface area contributed by atoms with Crippen molar-refractivity contribution in [2.75, 3.05) is 5.75 Å². The van der Waals surface area contributed by atoms with Crippen molar-refractivity contribution in [2.24, 2.45) is 0 Å². The second kappa shape index (κ2) is 6.47. The number of thioether (sulfide) groups is 1. The van der Waals surface area contributed by atoms with Crippen LogP contribution in [0.4, 0.5) is 0 Å². The maximum absolute atomic E-state index is 3.72. The number of aryl methyl sites for hydroxylation is 1. The molecule has 1 unspecified atom stereocenters. The van der Waals surface area contributed by atoms with Crippen LogP contribution in [0.5, 0.6) is 0 Å². The summed E-state index contributed by atoms with van der Waals surface area (Å²) in [7, 11) is 0. The Morgan fingerprint density at radius 3 is 2.60 bits per heavy atom. The molecule has 0 radical (unpaired) electrons. The lowest BCUT2D eigenvalue weighted by Gasteiger charge is -2.26. The molecule has 0 spiro atoms. The van der Waals surface area contributed by atoms with Gasteiger partial charge in [0.15, 0.2) is 0 Å². The Balaban J connectivity index is 1.66. The molecule has 104 valence electrons. The second-order valence-electron chi connectivity index (χ2n) is 5.28. The number of hydrogen-bond donors (Lipinski definition) is 1. The molecule has 1 aliphatic rings. The summed E-state index contributed by atoms with van der Waals surface area (Å²) in [6.45, 7) is 3.15. The molecule has 1 nitrogen and oxygen atoms in total. The van der Waals surface area contributed by atoms with Gasteiger partial charge in [-0.3, -0.25) is 0 Å². The highest BCUT2D eigenvalue weighted by Crippen LogP contribution is 2.35. The lowest BCUT2D eigenvalue weighted by Crippen LogP contribution is -2.24. The predicted octanol–water partition coefficient (Wildman–Crippen LogP) is 4.58. The highest BCUT2D eigenvalue weighted by atomic mass is 32.2. The van der Waals surface area contributed by atoms with E-state index in [4.69, 9.17) is 0 Å². The molecule has 20 heavy (non-hydrogen) atoms. The topological polar surface area (TPSA) is 12.0 Å². The first-order valence-electron chi connectivity index (χ1n) is 7.39. The van der Waals surface area contributed by atoms with Crippen molar-refractivity contribution < 1.29 is 0 Å². The number of benzene rings is 2. The zero-order valence-corrected chi connectivity index (χ0v) is 12.7. The highest BCUT2D eigenvalue weighted by Gasteiger charge is 2.19. The fraction of sp³-hybridized carbons (Fsp3) is 0.333. The summed E-state index contributed by atoms with van der Waals surface area (Å²) < 4.78 is 0. The number of nitrogens with one attached hydrogen (secondary N) is 1. The Morgan fingerprint density at radius 1 is 1.05 bits per heavy atom. The first-order valence-corrected chi connectivity index (χ1v) is 8.38. The van der Waals surface area contributed by atoms with E-state index in [0.29, 0.717) is 6.04 Å². The van der Waals surface area contributed by atoms with Crippen molar-refractivity contribution in [1.82, 2.24) is 5.32 Å². The SMILES string of the molecule is CCc1ccc(CNC2CCSc3ccccc32)cc1. The number of hydrogen-bond acceptors (Lipinski definition) is 2. The van der Waals surface area contributed by atoms with E-state index in [1.54, 1.807) is 0 Å². The third-order valence-electron chi connectivity index (χ3n) is 3.94. The van der Waals surface area contributed by atoms with Gasteiger partial charge in [0, 0.05) is 17.5 Å². The molecule has 0 amide bonds. The Labute approximate surface area is 125 Å². The monoisotopic (exact) mass is 283 g/mol. The highest BCUT2D eigenvalue weighted by molar-refractivity contribution is 7.99. The van der Waals surface area contributed by atoms with Crippen LogP contribution in [-0.2, 0) is 13.0 Å². The van der Waals surface area contributed by atoms with Crippen molar-refractivity contribution in [2.45, 2.75) is 37.2 Å². The van der Waals surface area contributed by atoms with E-state index in [9.17, 15) is 0 Å².